The number of rotatable bonds is 5. The number of hydrogen-bond acceptors (Lipinski definition) is 4. The first-order valence-electron chi connectivity index (χ1n) is 10.1. The maximum atomic E-state index is 13.2. The number of fused-ring (bicyclic) bond motifs is 2. The van der Waals surface area contributed by atoms with Crippen LogP contribution in [-0.4, -0.2) is 20.1 Å². The van der Waals surface area contributed by atoms with Crippen molar-refractivity contribution in [1.29, 1.82) is 0 Å². The van der Waals surface area contributed by atoms with Crippen LogP contribution >= 0.6 is 0 Å². The Morgan fingerprint density at radius 2 is 1.65 bits per heavy atom. The molecule has 0 aliphatic rings. The summed E-state index contributed by atoms with van der Waals surface area (Å²) in [7, 11) is 1.60. The number of nitrogens with zero attached hydrogens (tertiary/aromatic N) is 2. The topological polar surface area (TPSA) is 106 Å². The molecular formula is C23H22N4O4. The van der Waals surface area contributed by atoms with E-state index < -0.39 is 22.7 Å². The van der Waals surface area contributed by atoms with Gasteiger partial charge in [-0.25, -0.2) is 4.79 Å². The van der Waals surface area contributed by atoms with E-state index in [0.717, 1.165) is 23.7 Å². The van der Waals surface area contributed by atoms with Crippen molar-refractivity contribution in [2.24, 2.45) is 7.05 Å². The Labute approximate surface area is 176 Å². The van der Waals surface area contributed by atoms with Crippen LogP contribution in [0.5, 0.6) is 0 Å². The summed E-state index contributed by atoms with van der Waals surface area (Å²) in [6.45, 7) is 2.02. The van der Waals surface area contributed by atoms with Gasteiger partial charge in [0.15, 0.2) is 0 Å². The van der Waals surface area contributed by atoms with E-state index in [0.29, 0.717) is 22.2 Å². The molecule has 0 spiro atoms. The quantitative estimate of drug-likeness (QED) is 0.519. The third-order valence-electron chi connectivity index (χ3n) is 5.44. The van der Waals surface area contributed by atoms with Gasteiger partial charge >= 0.3 is 5.69 Å². The molecule has 0 unspecified atom stereocenters. The van der Waals surface area contributed by atoms with Gasteiger partial charge in [0.2, 0.25) is 0 Å². The first kappa shape index (κ1) is 20.3. The molecule has 2 N–H and O–H groups in total. The fourth-order valence-corrected chi connectivity index (χ4v) is 3.83. The number of amides is 1. The van der Waals surface area contributed by atoms with Crippen LogP contribution in [0, 0.1) is 0 Å². The maximum Gasteiger partial charge on any atom is 0.348 e. The zero-order valence-electron chi connectivity index (χ0n) is 17.3. The van der Waals surface area contributed by atoms with Crippen molar-refractivity contribution >= 4 is 27.7 Å². The van der Waals surface area contributed by atoms with E-state index in [-0.39, 0.29) is 10.9 Å². The average Bonchev–Trinajstić information content (AvgIpc) is 2.78. The lowest BCUT2D eigenvalue weighted by Gasteiger charge is -2.16. The molecular weight excluding hydrogens is 396 g/mol. The summed E-state index contributed by atoms with van der Waals surface area (Å²) in [6, 6.07) is 13.9. The third kappa shape index (κ3) is 3.46. The summed E-state index contributed by atoms with van der Waals surface area (Å²) in [5.41, 5.74) is 2.05. The van der Waals surface area contributed by atoms with Crippen molar-refractivity contribution in [3.8, 4) is 0 Å². The molecule has 4 aromatic rings. The zero-order chi connectivity index (χ0) is 22.1. The Balaban J connectivity index is 1.90. The molecule has 0 radical (unpaired) electrons. The van der Waals surface area contributed by atoms with Gasteiger partial charge in [-0.05, 0) is 36.6 Å². The van der Waals surface area contributed by atoms with Crippen LogP contribution in [0.25, 0.3) is 21.8 Å². The summed E-state index contributed by atoms with van der Waals surface area (Å²) in [6.07, 6.45) is 2.20. The molecule has 0 aliphatic heterocycles. The molecule has 2 aromatic heterocycles. The molecule has 2 heterocycles. The van der Waals surface area contributed by atoms with Crippen LogP contribution in [0.3, 0.4) is 0 Å². The highest BCUT2D eigenvalue weighted by molar-refractivity contribution is 6.04. The van der Waals surface area contributed by atoms with Gasteiger partial charge in [0.25, 0.3) is 17.0 Å². The SMILES string of the molecule is CCCCc1c(C(=O)Nn2c(=O)[nH]c3ccccc3c2=O)c(=O)n(C)c2ccccc12. The van der Waals surface area contributed by atoms with Crippen molar-refractivity contribution in [2.45, 2.75) is 26.2 Å². The molecule has 0 saturated carbocycles. The van der Waals surface area contributed by atoms with Crippen molar-refractivity contribution in [1.82, 2.24) is 14.2 Å². The summed E-state index contributed by atoms with van der Waals surface area (Å²) < 4.78 is 2.02. The Bertz CT molecular complexity index is 1490. The van der Waals surface area contributed by atoms with Gasteiger partial charge in [-0.15, -0.1) is 0 Å². The number of unbranched alkanes of at least 4 members (excludes halogenated alkanes) is 1. The van der Waals surface area contributed by atoms with Gasteiger partial charge in [-0.3, -0.25) is 19.8 Å². The summed E-state index contributed by atoms with van der Waals surface area (Å²) >= 11 is 0. The van der Waals surface area contributed by atoms with Crippen LogP contribution in [0.15, 0.2) is 62.9 Å². The predicted molar refractivity (Wildman–Crippen MR) is 120 cm³/mol. The van der Waals surface area contributed by atoms with E-state index >= 15 is 0 Å². The van der Waals surface area contributed by atoms with E-state index in [1.54, 1.807) is 31.3 Å². The lowest BCUT2D eigenvalue weighted by molar-refractivity contribution is 0.100. The minimum absolute atomic E-state index is 0.0610. The van der Waals surface area contributed by atoms with Gasteiger partial charge < -0.3 is 9.55 Å². The second kappa shape index (κ2) is 8.06. The third-order valence-corrected chi connectivity index (χ3v) is 5.44. The highest BCUT2D eigenvalue weighted by atomic mass is 16.2. The molecule has 0 aliphatic carbocycles. The van der Waals surface area contributed by atoms with Crippen LogP contribution in [0.2, 0.25) is 0 Å². The van der Waals surface area contributed by atoms with E-state index in [9.17, 15) is 19.2 Å². The molecule has 0 atom stereocenters. The minimum Gasteiger partial charge on any atom is -0.311 e. The number of H-pyrrole nitrogens is 1. The number of pyridine rings is 1. The second-order valence-corrected chi connectivity index (χ2v) is 7.40. The van der Waals surface area contributed by atoms with Gasteiger partial charge in [0, 0.05) is 12.4 Å². The lowest BCUT2D eigenvalue weighted by Crippen LogP contribution is -2.45. The van der Waals surface area contributed by atoms with Crippen LogP contribution in [0.4, 0.5) is 0 Å². The summed E-state index contributed by atoms with van der Waals surface area (Å²) in [5, 5.41) is 1.04. The van der Waals surface area contributed by atoms with E-state index in [1.165, 1.54) is 4.57 Å². The first-order valence-corrected chi connectivity index (χ1v) is 10.1. The van der Waals surface area contributed by atoms with Crippen molar-refractivity contribution in [3.63, 3.8) is 0 Å². The standard InChI is InChI=1S/C23H22N4O4/c1-3-4-9-15-14-10-6-8-13-18(14)26(2)22(30)19(15)20(28)25-27-21(29)16-11-5-7-12-17(16)24-23(27)31/h5-8,10-13H,3-4,9H2,1-2H3,(H,24,31)(H,25,28). The highest BCUT2D eigenvalue weighted by Gasteiger charge is 2.22. The predicted octanol–water partition coefficient (Wildman–Crippen LogP) is 2.27. The van der Waals surface area contributed by atoms with E-state index in [2.05, 4.69) is 10.4 Å². The van der Waals surface area contributed by atoms with Crippen molar-refractivity contribution in [2.75, 3.05) is 5.43 Å². The van der Waals surface area contributed by atoms with Gasteiger partial charge in [0.05, 0.1) is 16.4 Å². The molecule has 158 valence electrons. The van der Waals surface area contributed by atoms with Crippen LogP contribution in [0.1, 0.15) is 35.7 Å². The molecule has 0 saturated heterocycles. The fourth-order valence-electron chi connectivity index (χ4n) is 3.83. The molecule has 0 fully saturated rings. The van der Waals surface area contributed by atoms with E-state index in [4.69, 9.17) is 0 Å². The Morgan fingerprint density at radius 3 is 2.39 bits per heavy atom. The van der Waals surface area contributed by atoms with Gasteiger partial charge in [-0.1, -0.05) is 43.7 Å². The van der Waals surface area contributed by atoms with Gasteiger partial charge in [-0.2, -0.15) is 4.68 Å². The molecule has 8 heteroatoms. The molecule has 0 bridgehead atoms. The largest absolute Gasteiger partial charge is 0.348 e. The average molecular weight is 418 g/mol. The lowest BCUT2D eigenvalue weighted by atomic mass is 9.97. The maximum absolute atomic E-state index is 13.2. The summed E-state index contributed by atoms with van der Waals surface area (Å²) in [4.78, 5) is 54.1. The number of benzene rings is 2. The number of aryl methyl sites for hydroxylation is 2. The number of aromatic nitrogens is 3. The molecule has 8 nitrogen and oxygen atoms in total. The number of hydrogen-bond donors (Lipinski definition) is 2. The molecule has 1 amide bonds. The monoisotopic (exact) mass is 418 g/mol. The normalized spacial score (nSPS) is 11.2. The number of nitrogens with one attached hydrogen (secondary N) is 2. The van der Waals surface area contributed by atoms with E-state index in [1.807, 2.05) is 31.2 Å². The molecule has 2 aromatic carbocycles. The first-order chi connectivity index (χ1) is 14.9. The van der Waals surface area contributed by atoms with Crippen molar-refractivity contribution < 1.29 is 4.79 Å². The zero-order valence-corrected chi connectivity index (χ0v) is 17.3. The Hall–Kier alpha value is -3.94. The smallest absolute Gasteiger partial charge is 0.311 e. The Kier molecular flexibility index (Phi) is 5.29. The number of para-hydroxylation sites is 2. The number of carbonyl (C=O) groups is 1. The molecule has 31 heavy (non-hydrogen) atoms. The highest BCUT2D eigenvalue weighted by Crippen LogP contribution is 2.22. The number of carbonyl (C=O) groups excluding carboxylic acids is 1. The fraction of sp³-hybridized carbons (Fsp3) is 0.217. The van der Waals surface area contributed by atoms with Crippen molar-refractivity contribution in [3.05, 3.63) is 90.8 Å². The van der Waals surface area contributed by atoms with Gasteiger partial charge in [0.1, 0.15) is 5.56 Å². The minimum atomic E-state index is -0.791. The Morgan fingerprint density at radius 1 is 0.968 bits per heavy atom. The van der Waals surface area contributed by atoms with Crippen LogP contribution < -0.4 is 22.2 Å². The second-order valence-electron chi connectivity index (χ2n) is 7.40. The van der Waals surface area contributed by atoms with Crippen LogP contribution in [-0.2, 0) is 13.5 Å². The summed E-state index contributed by atoms with van der Waals surface area (Å²) in [5.74, 6) is -0.791. The number of aromatic amines is 1. The molecule has 4 rings (SSSR count).